The molecule has 0 spiro atoms. The first-order chi connectivity index (χ1) is 14.2. The summed E-state index contributed by atoms with van der Waals surface area (Å²) in [6.45, 7) is 0. The summed E-state index contributed by atoms with van der Waals surface area (Å²) >= 11 is 1.60. The largest absolute Gasteiger partial charge is 0.496 e. The van der Waals surface area contributed by atoms with Crippen LogP contribution in [-0.2, 0) is 9.63 Å². The average molecular weight is 404 g/mol. The average Bonchev–Trinajstić information content (AvgIpc) is 3.26. The van der Waals surface area contributed by atoms with Crippen molar-refractivity contribution >= 4 is 29.1 Å². The van der Waals surface area contributed by atoms with Crippen LogP contribution in [-0.4, -0.2) is 24.8 Å². The third kappa shape index (κ3) is 4.43. The topological polar surface area (TPSA) is 59.9 Å². The zero-order valence-corrected chi connectivity index (χ0v) is 16.7. The van der Waals surface area contributed by atoms with E-state index >= 15 is 0 Å². The fourth-order valence-corrected chi connectivity index (χ4v) is 3.97. The standard InChI is InChI=1S/C23H20N2O3S/c1-27-20-13-7-5-11-17(20)19-15-21(28-25-19)23(26)24-18-12-6-8-14-22(18)29-16-9-3-2-4-10-16/h2-14,21H,15H2,1H3,(H,24,26)/t21-/m0/s1. The summed E-state index contributed by atoms with van der Waals surface area (Å²) in [6, 6.07) is 25.3. The molecule has 29 heavy (non-hydrogen) atoms. The van der Waals surface area contributed by atoms with Crippen molar-refractivity contribution in [3.05, 3.63) is 84.4 Å². The molecule has 3 aromatic rings. The molecule has 5 nitrogen and oxygen atoms in total. The van der Waals surface area contributed by atoms with Crippen molar-refractivity contribution in [2.24, 2.45) is 5.16 Å². The van der Waals surface area contributed by atoms with Gasteiger partial charge in [0.05, 0.1) is 18.5 Å². The van der Waals surface area contributed by atoms with E-state index in [0.717, 1.165) is 21.0 Å². The molecule has 1 aliphatic heterocycles. The molecule has 1 heterocycles. The van der Waals surface area contributed by atoms with E-state index in [2.05, 4.69) is 10.5 Å². The minimum Gasteiger partial charge on any atom is -0.496 e. The molecule has 0 aliphatic carbocycles. The molecule has 1 atom stereocenters. The second-order valence-corrected chi connectivity index (χ2v) is 7.55. The van der Waals surface area contributed by atoms with Gasteiger partial charge in [-0.2, -0.15) is 0 Å². The Labute approximate surface area is 173 Å². The molecule has 1 aliphatic rings. The van der Waals surface area contributed by atoms with Gasteiger partial charge in [-0.3, -0.25) is 4.79 Å². The normalized spacial score (nSPS) is 15.3. The molecule has 3 aromatic carbocycles. The SMILES string of the molecule is COc1ccccc1C1=NO[C@H](C(=O)Nc2ccccc2Sc2ccccc2)C1. The maximum absolute atomic E-state index is 12.8. The van der Waals surface area contributed by atoms with Crippen LogP contribution >= 0.6 is 11.8 Å². The Morgan fingerprint density at radius 1 is 1.03 bits per heavy atom. The van der Waals surface area contributed by atoms with E-state index in [4.69, 9.17) is 9.57 Å². The molecule has 1 amide bonds. The lowest BCUT2D eigenvalue weighted by Crippen LogP contribution is -2.28. The molecule has 6 heteroatoms. The van der Waals surface area contributed by atoms with Crippen molar-refractivity contribution in [3.63, 3.8) is 0 Å². The molecule has 0 unspecified atom stereocenters. The highest BCUT2D eigenvalue weighted by Gasteiger charge is 2.30. The second kappa shape index (κ2) is 8.84. The molecular formula is C23H20N2O3S. The lowest BCUT2D eigenvalue weighted by molar-refractivity contribution is -0.125. The fourth-order valence-electron chi connectivity index (χ4n) is 3.05. The predicted octanol–water partition coefficient (Wildman–Crippen LogP) is 4.98. The highest BCUT2D eigenvalue weighted by Crippen LogP contribution is 2.33. The zero-order valence-electron chi connectivity index (χ0n) is 15.9. The molecule has 1 N–H and O–H groups in total. The summed E-state index contributed by atoms with van der Waals surface area (Å²) in [5.41, 5.74) is 2.29. The van der Waals surface area contributed by atoms with Crippen molar-refractivity contribution in [3.8, 4) is 5.75 Å². The van der Waals surface area contributed by atoms with Gasteiger partial charge in [0.25, 0.3) is 5.91 Å². The number of oxime groups is 1. The maximum Gasteiger partial charge on any atom is 0.268 e. The van der Waals surface area contributed by atoms with Gasteiger partial charge in [0.2, 0.25) is 6.10 Å². The van der Waals surface area contributed by atoms with Crippen molar-refractivity contribution in [1.82, 2.24) is 0 Å². The number of benzene rings is 3. The van der Waals surface area contributed by atoms with Crippen LogP contribution < -0.4 is 10.1 Å². The van der Waals surface area contributed by atoms with E-state index in [1.54, 1.807) is 18.9 Å². The number of anilines is 1. The van der Waals surface area contributed by atoms with Gasteiger partial charge in [-0.25, -0.2) is 0 Å². The van der Waals surface area contributed by atoms with E-state index in [9.17, 15) is 4.79 Å². The summed E-state index contributed by atoms with van der Waals surface area (Å²) in [4.78, 5) is 20.3. The van der Waals surface area contributed by atoms with Gasteiger partial charge >= 0.3 is 0 Å². The highest BCUT2D eigenvalue weighted by atomic mass is 32.2. The number of ether oxygens (including phenoxy) is 1. The van der Waals surface area contributed by atoms with E-state index in [-0.39, 0.29) is 5.91 Å². The Kier molecular flexibility index (Phi) is 5.81. The number of nitrogens with one attached hydrogen (secondary N) is 1. The van der Waals surface area contributed by atoms with Crippen LogP contribution in [0.1, 0.15) is 12.0 Å². The van der Waals surface area contributed by atoms with Crippen LogP contribution in [0.15, 0.2) is 93.8 Å². The Balaban J connectivity index is 1.45. The van der Waals surface area contributed by atoms with E-state index in [0.29, 0.717) is 17.9 Å². The van der Waals surface area contributed by atoms with Gasteiger partial charge < -0.3 is 14.9 Å². The maximum atomic E-state index is 12.8. The first kappa shape index (κ1) is 19.1. The zero-order chi connectivity index (χ0) is 20.1. The lowest BCUT2D eigenvalue weighted by atomic mass is 10.0. The number of hydrogen-bond donors (Lipinski definition) is 1. The first-order valence-electron chi connectivity index (χ1n) is 9.23. The number of amides is 1. The summed E-state index contributed by atoms with van der Waals surface area (Å²) < 4.78 is 5.38. The van der Waals surface area contributed by atoms with Gasteiger partial charge in [0.15, 0.2) is 0 Å². The molecular weight excluding hydrogens is 384 g/mol. The summed E-state index contributed by atoms with van der Waals surface area (Å²) in [5, 5.41) is 7.10. The molecule has 146 valence electrons. The Hall–Kier alpha value is -3.25. The predicted molar refractivity (Wildman–Crippen MR) is 115 cm³/mol. The number of carbonyl (C=O) groups is 1. The fraction of sp³-hybridized carbons (Fsp3) is 0.130. The Morgan fingerprint density at radius 3 is 2.59 bits per heavy atom. The number of para-hydroxylation sites is 2. The van der Waals surface area contributed by atoms with Crippen LogP contribution in [0.25, 0.3) is 0 Å². The molecule has 0 fully saturated rings. The van der Waals surface area contributed by atoms with Crippen molar-refractivity contribution in [1.29, 1.82) is 0 Å². The molecule has 4 rings (SSSR count). The van der Waals surface area contributed by atoms with Crippen LogP contribution in [0.5, 0.6) is 5.75 Å². The minimum absolute atomic E-state index is 0.222. The molecule has 0 aromatic heterocycles. The monoisotopic (exact) mass is 404 g/mol. The third-order valence-electron chi connectivity index (χ3n) is 4.50. The van der Waals surface area contributed by atoms with Gasteiger partial charge in [0.1, 0.15) is 5.75 Å². The molecule has 0 radical (unpaired) electrons. The van der Waals surface area contributed by atoms with E-state index in [1.807, 2.05) is 78.9 Å². The van der Waals surface area contributed by atoms with Crippen LogP contribution in [0.3, 0.4) is 0 Å². The highest BCUT2D eigenvalue weighted by molar-refractivity contribution is 7.99. The first-order valence-corrected chi connectivity index (χ1v) is 10.0. The summed E-state index contributed by atoms with van der Waals surface area (Å²) in [6.07, 6.45) is -0.287. The van der Waals surface area contributed by atoms with Gasteiger partial charge in [-0.15, -0.1) is 0 Å². The number of nitrogens with zero attached hydrogens (tertiary/aromatic N) is 1. The third-order valence-corrected chi connectivity index (χ3v) is 5.58. The number of hydrogen-bond acceptors (Lipinski definition) is 5. The van der Waals surface area contributed by atoms with Crippen LogP contribution in [0, 0.1) is 0 Å². The van der Waals surface area contributed by atoms with Crippen LogP contribution in [0.2, 0.25) is 0 Å². The van der Waals surface area contributed by atoms with Crippen LogP contribution in [0.4, 0.5) is 5.69 Å². The van der Waals surface area contributed by atoms with Gasteiger partial charge in [0, 0.05) is 21.8 Å². The molecule has 0 bridgehead atoms. The Morgan fingerprint density at radius 2 is 1.76 bits per heavy atom. The minimum atomic E-state index is -0.676. The molecule has 0 saturated heterocycles. The summed E-state index contributed by atoms with van der Waals surface area (Å²) in [5.74, 6) is 0.486. The van der Waals surface area contributed by atoms with Gasteiger partial charge in [-0.05, 0) is 36.4 Å². The molecule has 0 saturated carbocycles. The number of carbonyl (C=O) groups excluding carboxylic acids is 1. The van der Waals surface area contributed by atoms with Crippen molar-refractivity contribution < 1.29 is 14.4 Å². The summed E-state index contributed by atoms with van der Waals surface area (Å²) in [7, 11) is 1.61. The lowest BCUT2D eigenvalue weighted by Gasteiger charge is -2.13. The van der Waals surface area contributed by atoms with Crippen molar-refractivity contribution in [2.75, 3.05) is 12.4 Å². The van der Waals surface area contributed by atoms with E-state index < -0.39 is 6.10 Å². The van der Waals surface area contributed by atoms with E-state index in [1.165, 1.54) is 0 Å². The quantitative estimate of drug-likeness (QED) is 0.630. The smallest absolute Gasteiger partial charge is 0.268 e. The second-order valence-electron chi connectivity index (χ2n) is 6.44. The Bertz CT molecular complexity index is 1040. The number of rotatable bonds is 6. The van der Waals surface area contributed by atoms with Crippen molar-refractivity contribution in [2.45, 2.75) is 22.3 Å². The van der Waals surface area contributed by atoms with Gasteiger partial charge in [-0.1, -0.05) is 59.4 Å². The number of methoxy groups -OCH3 is 1.